The Hall–Kier alpha value is -2.48. The summed E-state index contributed by atoms with van der Waals surface area (Å²) in [5.74, 6) is 1.11. The van der Waals surface area contributed by atoms with Crippen LogP contribution in [0, 0.1) is 5.92 Å². The maximum atomic E-state index is 6.07. The highest BCUT2D eigenvalue weighted by atomic mass is 35.5. The summed E-state index contributed by atoms with van der Waals surface area (Å²) in [6, 6.07) is 10.2. The van der Waals surface area contributed by atoms with Crippen molar-refractivity contribution < 1.29 is 4.74 Å². The lowest BCUT2D eigenvalue weighted by Crippen LogP contribution is -2.58. The van der Waals surface area contributed by atoms with E-state index in [0.717, 1.165) is 59.9 Å². The third kappa shape index (κ3) is 3.32. The van der Waals surface area contributed by atoms with Gasteiger partial charge in [0.2, 0.25) is 0 Å². The van der Waals surface area contributed by atoms with Gasteiger partial charge in [-0.15, -0.1) is 5.10 Å². The number of halogens is 1. The van der Waals surface area contributed by atoms with E-state index in [1.807, 2.05) is 22.8 Å². The fourth-order valence-corrected chi connectivity index (χ4v) is 5.25. The van der Waals surface area contributed by atoms with Crippen LogP contribution in [-0.2, 0) is 10.3 Å². The third-order valence-corrected chi connectivity index (χ3v) is 7.31. The third-order valence-electron chi connectivity index (χ3n) is 7.05. The van der Waals surface area contributed by atoms with Gasteiger partial charge >= 0.3 is 0 Å². The first-order valence-corrected chi connectivity index (χ1v) is 11.4. The number of ether oxygens (including phenoxy) is 1. The van der Waals surface area contributed by atoms with Crippen LogP contribution in [-0.4, -0.2) is 44.6 Å². The highest BCUT2D eigenvalue weighted by molar-refractivity contribution is 6.30. The number of nitrogens with one attached hydrogen (secondary N) is 2. The highest BCUT2D eigenvalue weighted by Gasteiger charge is 2.40. The quantitative estimate of drug-likeness (QED) is 0.493. The molecular weight excluding hydrogens is 412 g/mol. The van der Waals surface area contributed by atoms with Crippen molar-refractivity contribution in [1.29, 1.82) is 0 Å². The van der Waals surface area contributed by atoms with Crippen molar-refractivity contribution in [3.63, 3.8) is 0 Å². The lowest BCUT2D eigenvalue weighted by atomic mass is 9.79. The normalized spacial score (nSPS) is 23.3. The van der Waals surface area contributed by atoms with Gasteiger partial charge in [0.05, 0.1) is 24.4 Å². The SMILES string of the molecule is Clc1ccc(C2(NCC3CCC(c4nnn5cnc6[nH]ccc6c45)CC3)COC2)cc1. The number of rotatable bonds is 5. The molecule has 3 aromatic heterocycles. The Balaban J connectivity index is 1.13. The summed E-state index contributed by atoms with van der Waals surface area (Å²) >= 11 is 6.07. The molecule has 7 nitrogen and oxygen atoms in total. The molecule has 0 unspecified atom stereocenters. The van der Waals surface area contributed by atoms with Crippen molar-refractivity contribution in [3.8, 4) is 0 Å². The smallest absolute Gasteiger partial charge is 0.141 e. The van der Waals surface area contributed by atoms with Gasteiger partial charge in [0.1, 0.15) is 17.5 Å². The molecule has 4 heterocycles. The predicted octanol–water partition coefficient (Wildman–Crippen LogP) is 4.05. The number of fused-ring (bicyclic) bond motifs is 3. The first-order chi connectivity index (χ1) is 15.2. The molecule has 1 saturated carbocycles. The average Bonchev–Trinajstić information content (AvgIpc) is 3.41. The molecule has 1 saturated heterocycles. The van der Waals surface area contributed by atoms with E-state index in [0.29, 0.717) is 11.8 Å². The summed E-state index contributed by atoms with van der Waals surface area (Å²) < 4.78 is 7.39. The summed E-state index contributed by atoms with van der Waals surface area (Å²) in [6.07, 6.45) is 8.33. The van der Waals surface area contributed by atoms with Crippen LogP contribution >= 0.6 is 11.6 Å². The second kappa shape index (κ2) is 7.58. The summed E-state index contributed by atoms with van der Waals surface area (Å²) in [7, 11) is 0. The molecule has 8 heteroatoms. The molecule has 2 N–H and O–H groups in total. The molecule has 2 aliphatic rings. The van der Waals surface area contributed by atoms with Crippen molar-refractivity contribution in [2.24, 2.45) is 5.92 Å². The number of nitrogens with zero attached hydrogens (tertiary/aromatic N) is 4. The zero-order valence-electron chi connectivity index (χ0n) is 17.2. The van der Waals surface area contributed by atoms with Crippen LogP contribution in [0.15, 0.2) is 42.9 Å². The molecule has 1 aliphatic carbocycles. The maximum Gasteiger partial charge on any atom is 0.141 e. The zero-order valence-corrected chi connectivity index (χ0v) is 18.0. The largest absolute Gasteiger partial charge is 0.377 e. The lowest BCUT2D eigenvalue weighted by molar-refractivity contribution is -0.0805. The van der Waals surface area contributed by atoms with Crippen LogP contribution in [0.5, 0.6) is 0 Å². The topological polar surface area (TPSA) is 80.1 Å². The molecule has 31 heavy (non-hydrogen) atoms. The van der Waals surface area contributed by atoms with Gasteiger partial charge < -0.3 is 15.0 Å². The number of aromatic nitrogens is 5. The minimum atomic E-state index is -0.0711. The molecule has 2 fully saturated rings. The van der Waals surface area contributed by atoms with E-state index in [4.69, 9.17) is 16.3 Å². The Kier molecular flexibility index (Phi) is 4.70. The van der Waals surface area contributed by atoms with Crippen LogP contribution in [0.3, 0.4) is 0 Å². The van der Waals surface area contributed by atoms with E-state index in [-0.39, 0.29) is 5.54 Å². The molecule has 6 rings (SSSR count). The van der Waals surface area contributed by atoms with Crippen molar-refractivity contribution in [1.82, 2.24) is 30.1 Å². The van der Waals surface area contributed by atoms with Gasteiger partial charge in [0, 0.05) is 22.5 Å². The number of aromatic amines is 1. The fraction of sp³-hybridized carbons (Fsp3) is 0.435. The van der Waals surface area contributed by atoms with Gasteiger partial charge in [-0.05, 0) is 61.9 Å². The molecule has 4 aromatic rings. The van der Waals surface area contributed by atoms with Crippen LogP contribution in [0.25, 0.3) is 16.6 Å². The van der Waals surface area contributed by atoms with Gasteiger partial charge in [0.25, 0.3) is 0 Å². The predicted molar refractivity (Wildman–Crippen MR) is 119 cm³/mol. The van der Waals surface area contributed by atoms with E-state index >= 15 is 0 Å². The Morgan fingerprint density at radius 1 is 1.13 bits per heavy atom. The van der Waals surface area contributed by atoms with E-state index in [2.05, 4.69) is 43.8 Å². The minimum absolute atomic E-state index is 0.0711. The molecule has 0 atom stereocenters. The van der Waals surface area contributed by atoms with Crippen LogP contribution < -0.4 is 5.32 Å². The molecule has 1 aliphatic heterocycles. The van der Waals surface area contributed by atoms with E-state index < -0.39 is 0 Å². The zero-order chi connectivity index (χ0) is 20.8. The van der Waals surface area contributed by atoms with Gasteiger partial charge in [-0.1, -0.05) is 28.9 Å². The summed E-state index contributed by atoms with van der Waals surface area (Å²) in [5, 5.41) is 14.6. The molecule has 0 spiro atoms. The van der Waals surface area contributed by atoms with Crippen LogP contribution in [0.4, 0.5) is 0 Å². The molecule has 1 aromatic carbocycles. The lowest BCUT2D eigenvalue weighted by Gasteiger charge is -2.44. The summed E-state index contributed by atoms with van der Waals surface area (Å²) in [5.41, 5.74) is 4.29. The van der Waals surface area contributed by atoms with Crippen molar-refractivity contribution in [2.45, 2.75) is 37.1 Å². The second-order valence-corrected chi connectivity index (χ2v) is 9.37. The second-order valence-electron chi connectivity index (χ2n) is 8.93. The van der Waals surface area contributed by atoms with Gasteiger partial charge in [-0.3, -0.25) is 0 Å². The van der Waals surface area contributed by atoms with E-state index in [1.165, 1.54) is 18.4 Å². The number of hydrogen-bond donors (Lipinski definition) is 2. The minimum Gasteiger partial charge on any atom is -0.377 e. The average molecular weight is 437 g/mol. The molecular formula is C23H25ClN6O. The monoisotopic (exact) mass is 436 g/mol. The fourth-order valence-electron chi connectivity index (χ4n) is 5.12. The Morgan fingerprint density at radius 2 is 1.94 bits per heavy atom. The van der Waals surface area contributed by atoms with Crippen LogP contribution in [0.1, 0.15) is 42.9 Å². The molecule has 0 radical (unpaired) electrons. The van der Waals surface area contributed by atoms with Gasteiger partial charge in [-0.2, -0.15) is 0 Å². The number of hydrogen-bond acceptors (Lipinski definition) is 5. The summed E-state index contributed by atoms with van der Waals surface area (Å²) in [4.78, 5) is 7.60. The number of H-pyrrole nitrogens is 1. The van der Waals surface area contributed by atoms with Gasteiger partial charge in [-0.25, -0.2) is 9.50 Å². The number of benzene rings is 1. The van der Waals surface area contributed by atoms with Crippen LogP contribution in [0.2, 0.25) is 5.02 Å². The maximum absolute atomic E-state index is 6.07. The first-order valence-electron chi connectivity index (χ1n) is 11.0. The van der Waals surface area contributed by atoms with E-state index in [1.54, 1.807) is 6.33 Å². The molecule has 0 bridgehead atoms. The Morgan fingerprint density at radius 3 is 2.68 bits per heavy atom. The highest BCUT2D eigenvalue weighted by Crippen LogP contribution is 2.38. The Labute approximate surface area is 185 Å². The molecule has 160 valence electrons. The van der Waals surface area contributed by atoms with Gasteiger partial charge in [0.15, 0.2) is 0 Å². The standard InChI is InChI=1S/C23H25ClN6O/c24-18-7-5-17(6-8-18)23(12-31-13-23)27-11-15-1-3-16(4-2-15)20-21-19-9-10-25-22(19)26-14-30(21)29-28-20/h5-10,14-16,25,27H,1-4,11-13H2. The Bertz CT molecular complexity index is 1200. The molecule has 0 amide bonds. The first kappa shape index (κ1) is 19.2. The van der Waals surface area contributed by atoms with Crippen molar-refractivity contribution >= 4 is 28.2 Å². The van der Waals surface area contributed by atoms with Crippen molar-refractivity contribution in [2.75, 3.05) is 19.8 Å². The van der Waals surface area contributed by atoms with Crippen molar-refractivity contribution in [3.05, 3.63) is 59.1 Å². The summed E-state index contributed by atoms with van der Waals surface area (Å²) in [6.45, 7) is 2.45. The van der Waals surface area contributed by atoms with E-state index in [9.17, 15) is 0 Å².